The van der Waals surface area contributed by atoms with Crippen LogP contribution in [0.4, 0.5) is 0 Å². The summed E-state index contributed by atoms with van der Waals surface area (Å²) in [5.41, 5.74) is 0.944. The molecule has 5 heteroatoms. The average molecular weight is 296 g/mol. The van der Waals surface area contributed by atoms with Crippen molar-refractivity contribution in [3.63, 3.8) is 0 Å². The summed E-state index contributed by atoms with van der Waals surface area (Å²) < 4.78 is 5.15. The lowest BCUT2D eigenvalue weighted by molar-refractivity contribution is -0.145. The fourth-order valence-electron chi connectivity index (χ4n) is 1.79. The first-order valence-corrected chi connectivity index (χ1v) is 7.99. The molecule has 0 radical (unpaired) electrons. The van der Waals surface area contributed by atoms with Gasteiger partial charge in [0.1, 0.15) is 6.04 Å². The Hall–Kier alpha value is -1.04. The normalized spacial score (nSPS) is 12.4. The summed E-state index contributed by atoms with van der Waals surface area (Å²) in [5.74, 6) is -0.219. The third-order valence-corrected chi connectivity index (χ3v) is 3.62. The lowest BCUT2D eigenvalue weighted by Gasteiger charge is -2.19. The van der Waals surface area contributed by atoms with Gasteiger partial charge in [0.25, 0.3) is 0 Å². The number of carbonyl (C=O) groups is 1. The Bertz CT molecular complexity index is 407. The zero-order valence-electron chi connectivity index (χ0n) is 12.7. The number of thioether (sulfide) groups is 1. The molecule has 0 fully saturated rings. The molecular formula is C15H24N2O2S. The minimum absolute atomic E-state index is 0.219. The maximum Gasteiger partial charge on any atom is 0.327 e. The van der Waals surface area contributed by atoms with Crippen molar-refractivity contribution < 1.29 is 9.53 Å². The van der Waals surface area contributed by atoms with Crippen molar-refractivity contribution in [1.29, 1.82) is 0 Å². The van der Waals surface area contributed by atoms with E-state index in [0.717, 1.165) is 18.7 Å². The van der Waals surface area contributed by atoms with Gasteiger partial charge >= 0.3 is 5.97 Å². The molecule has 0 saturated heterocycles. The summed E-state index contributed by atoms with van der Waals surface area (Å²) in [6.45, 7) is 3.83. The minimum Gasteiger partial charge on any atom is -0.465 e. The van der Waals surface area contributed by atoms with Crippen LogP contribution in [0.1, 0.15) is 18.5 Å². The number of likely N-dealkylation sites (N-methyl/N-ethyl adjacent to an activating group) is 1. The molecule has 1 aromatic carbocycles. The molecule has 0 bridgehead atoms. The highest BCUT2D eigenvalue weighted by Crippen LogP contribution is 2.20. The monoisotopic (exact) mass is 296 g/mol. The van der Waals surface area contributed by atoms with Crippen molar-refractivity contribution in [2.24, 2.45) is 0 Å². The van der Waals surface area contributed by atoms with Crippen molar-refractivity contribution in [2.45, 2.75) is 17.9 Å². The third-order valence-electron chi connectivity index (χ3n) is 2.88. The van der Waals surface area contributed by atoms with Crippen LogP contribution in [-0.4, -0.2) is 50.9 Å². The van der Waals surface area contributed by atoms with E-state index in [4.69, 9.17) is 4.74 Å². The van der Waals surface area contributed by atoms with Crippen LogP contribution in [-0.2, 0) is 9.53 Å². The highest BCUT2D eigenvalue weighted by molar-refractivity contribution is 7.98. The number of hydrogen-bond acceptors (Lipinski definition) is 5. The van der Waals surface area contributed by atoms with Crippen LogP contribution in [0.5, 0.6) is 0 Å². The lowest BCUT2D eigenvalue weighted by Crippen LogP contribution is -2.35. The van der Waals surface area contributed by atoms with Crippen molar-refractivity contribution in [2.75, 3.05) is 40.0 Å². The maximum atomic E-state index is 12.1. The van der Waals surface area contributed by atoms with Gasteiger partial charge in [-0.2, -0.15) is 0 Å². The van der Waals surface area contributed by atoms with E-state index in [-0.39, 0.29) is 5.97 Å². The average Bonchev–Trinajstić information content (AvgIpc) is 2.44. The van der Waals surface area contributed by atoms with Crippen LogP contribution < -0.4 is 5.32 Å². The predicted molar refractivity (Wildman–Crippen MR) is 84.2 cm³/mol. The lowest BCUT2D eigenvalue weighted by atomic mass is 10.1. The molecule has 1 aromatic rings. The van der Waals surface area contributed by atoms with Crippen molar-refractivity contribution >= 4 is 17.7 Å². The zero-order valence-corrected chi connectivity index (χ0v) is 13.5. The Morgan fingerprint density at radius 3 is 2.50 bits per heavy atom. The molecule has 1 atom stereocenters. The highest BCUT2D eigenvalue weighted by atomic mass is 32.2. The molecule has 0 heterocycles. The van der Waals surface area contributed by atoms with Gasteiger partial charge in [-0.1, -0.05) is 12.1 Å². The van der Waals surface area contributed by atoms with Gasteiger partial charge in [0, 0.05) is 18.0 Å². The van der Waals surface area contributed by atoms with Crippen molar-refractivity contribution in [1.82, 2.24) is 10.2 Å². The number of nitrogens with one attached hydrogen (secondary N) is 1. The van der Waals surface area contributed by atoms with E-state index < -0.39 is 6.04 Å². The first kappa shape index (κ1) is 17.0. The van der Waals surface area contributed by atoms with Gasteiger partial charge < -0.3 is 9.64 Å². The molecule has 0 spiro atoms. The van der Waals surface area contributed by atoms with E-state index in [1.54, 1.807) is 11.8 Å². The molecule has 4 nitrogen and oxygen atoms in total. The van der Waals surface area contributed by atoms with E-state index in [1.165, 1.54) is 4.90 Å². The first-order chi connectivity index (χ1) is 9.58. The molecule has 112 valence electrons. The molecule has 1 rings (SSSR count). The molecule has 1 unspecified atom stereocenters. The SMILES string of the molecule is CCOC(=O)C(NCCN(C)C)c1ccc(SC)cc1. The second kappa shape index (κ2) is 9.00. The van der Waals surface area contributed by atoms with Gasteiger partial charge in [-0.15, -0.1) is 11.8 Å². The van der Waals surface area contributed by atoms with E-state index >= 15 is 0 Å². The van der Waals surface area contributed by atoms with Gasteiger partial charge in [0.05, 0.1) is 6.61 Å². The summed E-state index contributed by atoms with van der Waals surface area (Å²) in [6, 6.07) is 7.62. The topological polar surface area (TPSA) is 41.6 Å². The van der Waals surface area contributed by atoms with Crippen LogP contribution in [0.3, 0.4) is 0 Å². The second-order valence-electron chi connectivity index (χ2n) is 4.72. The molecule has 0 saturated carbocycles. The van der Waals surface area contributed by atoms with E-state index in [0.29, 0.717) is 6.61 Å². The fraction of sp³-hybridized carbons (Fsp3) is 0.533. The standard InChI is InChI=1S/C15H24N2O2S/c1-5-19-15(18)14(16-10-11-17(2)3)12-6-8-13(20-4)9-7-12/h6-9,14,16H,5,10-11H2,1-4H3. The van der Waals surface area contributed by atoms with Crippen molar-refractivity contribution in [3.05, 3.63) is 29.8 Å². The smallest absolute Gasteiger partial charge is 0.327 e. The van der Waals surface area contributed by atoms with Crippen molar-refractivity contribution in [3.8, 4) is 0 Å². The number of esters is 1. The summed E-state index contributed by atoms with van der Waals surface area (Å²) in [6.07, 6.45) is 2.03. The number of rotatable bonds is 8. The summed E-state index contributed by atoms with van der Waals surface area (Å²) >= 11 is 1.69. The number of nitrogens with zero attached hydrogens (tertiary/aromatic N) is 1. The predicted octanol–water partition coefficient (Wildman–Crippen LogP) is 2.16. The van der Waals surface area contributed by atoms with E-state index in [2.05, 4.69) is 10.2 Å². The quantitative estimate of drug-likeness (QED) is 0.588. The molecule has 0 aliphatic carbocycles. The second-order valence-corrected chi connectivity index (χ2v) is 5.60. The molecule has 1 N–H and O–H groups in total. The Labute approximate surface area is 125 Å². The van der Waals surface area contributed by atoms with Gasteiger partial charge in [-0.3, -0.25) is 5.32 Å². The number of benzene rings is 1. The number of ether oxygens (including phenoxy) is 1. The third kappa shape index (κ3) is 5.53. The Balaban J connectivity index is 2.76. The van der Waals surface area contributed by atoms with Gasteiger partial charge in [-0.05, 0) is 45.0 Å². The largest absolute Gasteiger partial charge is 0.465 e. The Morgan fingerprint density at radius 1 is 1.35 bits per heavy atom. The Morgan fingerprint density at radius 2 is 2.00 bits per heavy atom. The molecule has 20 heavy (non-hydrogen) atoms. The van der Waals surface area contributed by atoms with Gasteiger partial charge in [-0.25, -0.2) is 4.79 Å². The van der Waals surface area contributed by atoms with Crippen LogP contribution in [0, 0.1) is 0 Å². The van der Waals surface area contributed by atoms with Crippen LogP contribution in [0.15, 0.2) is 29.2 Å². The summed E-state index contributed by atoms with van der Waals surface area (Å²) in [7, 11) is 4.02. The maximum absolute atomic E-state index is 12.1. The molecular weight excluding hydrogens is 272 g/mol. The number of carbonyl (C=O) groups excluding carboxylic acids is 1. The number of hydrogen-bond donors (Lipinski definition) is 1. The fourth-order valence-corrected chi connectivity index (χ4v) is 2.20. The van der Waals surface area contributed by atoms with Crippen LogP contribution in [0.2, 0.25) is 0 Å². The summed E-state index contributed by atoms with van der Waals surface area (Å²) in [5, 5.41) is 3.27. The van der Waals surface area contributed by atoms with E-state index in [9.17, 15) is 4.79 Å². The summed E-state index contributed by atoms with van der Waals surface area (Å²) in [4.78, 5) is 15.3. The molecule has 0 amide bonds. The molecule has 0 aliphatic rings. The van der Waals surface area contributed by atoms with Crippen LogP contribution in [0.25, 0.3) is 0 Å². The zero-order chi connectivity index (χ0) is 15.0. The van der Waals surface area contributed by atoms with E-state index in [1.807, 2.05) is 51.5 Å². The Kier molecular flexibility index (Phi) is 7.65. The minimum atomic E-state index is -0.397. The van der Waals surface area contributed by atoms with Crippen LogP contribution >= 0.6 is 11.8 Å². The van der Waals surface area contributed by atoms with Gasteiger partial charge in [0.15, 0.2) is 0 Å². The first-order valence-electron chi connectivity index (χ1n) is 6.77. The highest BCUT2D eigenvalue weighted by Gasteiger charge is 2.21. The molecule has 0 aromatic heterocycles. The molecule has 0 aliphatic heterocycles. The van der Waals surface area contributed by atoms with Gasteiger partial charge in [0.2, 0.25) is 0 Å².